The second kappa shape index (κ2) is 11.5. The normalized spacial score (nSPS) is 11.0. The number of hydrogen-bond donors (Lipinski definition) is 2. The van der Waals surface area contributed by atoms with Crippen LogP contribution in [0.1, 0.15) is 26.3 Å². The van der Waals surface area contributed by atoms with E-state index in [1.165, 1.54) is 0 Å². The Bertz CT molecular complexity index is 1160. The van der Waals surface area contributed by atoms with Gasteiger partial charge >= 0.3 is 0 Å². The first-order chi connectivity index (χ1) is 16.1. The SMILES string of the molecule is CC(C)(C)c1ccc(OCC(=O)NNC(=O)COc2ccc(-c3ccccc3)cc2Br)c(Br)c1. The van der Waals surface area contributed by atoms with Crippen LogP contribution >= 0.6 is 31.9 Å². The maximum absolute atomic E-state index is 12.1. The van der Waals surface area contributed by atoms with Gasteiger partial charge in [-0.3, -0.25) is 20.4 Å². The Morgan fingerprint density at radius 3 is 1.76 bits per heavy atom. The Hall–Kier alpha value is -2.84. The molecule has 0 spiro atoms. The molecule has 0 saturated carbocycles. The molecule has 0 aliphatic rings. The van der Waals surface area contributed by atoms with Gasteiger partial charge in [0, 0.05) is 0 Å². The monoisotopic (exact) mass is 588 g/mol. The molecule has 0 fully saturated rings. The van der Waals surface area contributed by atoms with E-state index in [-0.39, 0.29) is 18.6 Å². The topological polar surface area (TPSA) is 76.7 Å². The van der Waals surface area contributed by atoms with Gasteiger partial charge in [-0.15, -0.1) is 0 Å². The quantitative estimate of drug-likeness (QED) is 0.342. The lowest BCUT2D eigenvalue weighted by molar-refractivity contribution is -0.131. The van der Waals surface area contributed by atoms with E-state index in [0.717, 1.165) is 25.6 Å². The Balaban J connectivity index is 1.43. The van der Waals surface area contributed by atoms with Crippen molar-refractivity contribution in [3.8, 4) is 22.6 Å². The van der Waals surface area contributed by atoms with Gasteiger partial charge in [-0.1, -0.05) is 63.2 Å². The lowest BCUT2D eigenvalue weighted by Gasteiger charge is -2.20. The highest BCUT2D eigenvalue weighted by atomic mass is 79.9. The third-order valence-corrected chi connectivity index (χ3v) is 6.14. The fourth-order valence-corrected chi connectivity index (χ4v) is 4.00. The van der Waals surface area contributed by atoms with E-state index in [9.17, 15) is 9.59 Å². The van der Waals surface area contributed by atoms with E-state index < -0.39 is 11.8 Å². The zero-order valence-electron chi connectivity index (χ0n) is 19.2. The number of benzene rings is 3. The molecule has 178 valence electrons. The van der Waals surface area contributed by atoms with E-state index in [0.29, 0.717) is 11.5 Å². The number of nitrogens with one attached hydrogen (secondary N) is 2. The summed E-state index contributed by atoms with van der Waals surface area (Å²) in [6.07, 6.45) is 0. The molecule has 2 N–H and O–H groups in total. The molecule has 3 rings (SSSR count). The lowest BCUT2D eigenvalue weighted by atomic mass is 9.87. The summed E-state index contributed by atoms with van der Waals surface area (Å²) in [4.78, 5) is 24.1. The van der Waals surface area contributed by atoms with Crippen molar-refractivity contribution in [3.05, 3.63) is 81.2 Å². The summed E-state index contributed by atoms with van der Waals surface area (Å²) in [5, 5.41) is 0. The van der Waals surface area contributed by atoms with Crippen LogP contribution in [0.15, 0.2) is 75.7 Å². The van der Waals surface area contributed by atoms with Crippen LogP contribution in [0.4, 0.5) is 0 Å². The van der Waals surface area contributed by atoms with Gasteiger partial charge in [-0.2, -0.15) is 0 Å². The Labute approximate surface area is 216 Å². The van der Waals surface area contributed by atoms with Crippen molar-refractivity contribution in [1.29, 1.82) is 0 Å². The highest BCUT2D eigenvalue weighted by molar-refractivity contribution is 9.10. The number of carbonyl (C=O) groups excluding carboxylic acids is 2. The molecule has 0 atom stereocenters. The van der Waals surface area contributed by atoms with E-state index >= 15 is 0 Å². The molecule has 0 radical (unpaired) electrons. The Morgan fingerprint density at radius 1 is 0.735 bits per heavy atom. The lowest BCUT2D eigenvalue weighted by Crippen LogP contribution is -2.45. The second-order valence-corrected chi connectivity index (χ2v) is 10.3. The van der Waals surface area contributed by atoms with Crippen molar-refractivity contribution in [2.45, 2.75) is 26.2 Å². The van der Waals surface area contributed by atoms with Gasteiger partial charge in [0.15, 0.2) is 13.2 Å². The molecule has 3 aromatic carbocycles. The number of halogens is 2. The minimum absolute atomic E-state index is 0.00426. The number of ether oxygens (including phenoxy) is 2. The summed E-state index contributed by atoms with van der Waals surface area (Å²) < 4.78 is 12.6. The maximum Gasteiger partial charge on any atom is 0.276 e. The summed E-state index contributed by atoms with van der Waals surface area (Å²) in [5.74, 6) is 0.0753. The molecule has 8 heteroatoms. The number of rotatable bonds is 7. The van der Waals surface area contributed by atoms with Gasteiger partial charge in [0.05, 0.1) is 8.95 Å². The van der Waals surface area contributed by atoms with Crippen LogP contribution < -0.4 is 20.3 Å². The standard InChI is InChI=1S/C26H26Br2N2O4/c1-26(2,3)19-10-12-23(21(28)14-19)34-16-25(32)30-29-24(31)15-33-22-11-9-18(13-20(22)27)17-7-5-4-6-8-17/h4-14H,15-16H2,1-3H3,(H,29,31)(H,30,32). The molecule has 3 aromatic rings. The minimum atomic E-state index is -0.497. The molecule has 0 saturated heterocycles. The van der Waals surface area contributed by atoms with E-state index in [2.05, 4.69) is 63.5 Å². The van der Waals surface area contributed by atoms with E-state index in [1.54, 1.807) is 6.07 Å². The highest BCUT2D eigenvalue weighted by Gasteiger charge is 2.16. The molecule has 0 aliphatic heterocycles. The van der Waals surface area contributed by atoms with Crippen molar-refractivity contribution >= 4 is 43.7 Å². The van der Waals surface area contributed by atoms with Crippen LogP contribution in [-0.2, 0) is 15.0 Å². The van der Waals surface area contributed by atoms with Crippen molar-refractivity contribution < 1.29 is 19.1 Å². The fraction of sp³-hybridized carbons (Fsp3) is 0.231. The molecule has 6 nitrogen and oxygen atoms in total. The number of carbonyl (C=O) groups is 2. The summed E-state index contributed by atoms with van der Waals surface area (Å²) in [6.45, 7) is 5.85. The van der Waals surface area contributed by atoms with Crippen molar-refractivity contribution in [2.75, 3.05) is 13.2 Å². The van der Waals surface area contributed by atoms with Crippen molar-refractivity contribution in [2.24, 2.45) is 0 Å². The molecule has 34 heavy (non-hydrogen) atoms. The second-order valence-electron chi connectivity index (χ2n) is 8.58. The highest BCUT2D eigenvalue weighted by Crippen LogP contribution is 2.32. The smallest absolute Gasteiger partial charge is 0.276 e. The Morgan fingerprint density at radius 2 is 1.26 bits per heavy atom. The minimum Gasteiger partial charge on any atom is -0.483 e. The predicted octanol–water partition coefficient (Wildman–Crippen LogP) is 5.78. The predicted molar refractivity (Wildman–Crippen MR) is 140 cm³/mol. The van der Waals surface area contributed by atoms with Crippen LogP contribution in [-0.4, -0.2) is 25.0 Å². The first kappa shape index (κ1) is 25.8. The first-order valence-electron chi connectivity index (χ1n) is 10.6. The molecular weight excluding hydrogens is 564 g/mol. The van der Waals surface area contributed by atoms with Gasteiger partial charge < -0.3 is 9.47 Å². The number of amides is 2. The van der Waals surface area contributed by atoms with Gasteiger partial charge in [0.1, 0.15) is 11.5 Å². The molecule has 0 bridgehead atoms. The number of hydrazine groups is 1. The van der Waals surface area contributed by atoms with E-state index in [4.69, 9.17) is 9.47 Å². The van der Waals surface area contributed by atoms with Crippen LogP contribution in [0.3, 0.4) is 0 Å². The fourth-order valence-electron chi connectivity index (χ4n) is 3.01. The first-order valence-corrected chi connectivity index (χ1v) is 12.2. The average Bonchev–Trinajstić information content (AvgIpc) is 2.81. The third-order valence-electron chi connectivity index (χ3n) is 4.90. The largest absolute Gasteiger partial charge is 0.483 e. The average molecular weight is 590 g/mol. The van der Waals surface area contributed by atoms with Crippen LogP contribution in [0, 0.1) is 0 Å². The summed E-state index contributed by atoms with van der Waals surface area (Å²) >= 11 is 6.94. The molecular formula is C26H26Br2N2O4. The Kier molecular flexibility index (Phi) is 8.74. The van der Waals surface area contributed by atoms with Gasteiger partial charge in [0.25, 0.3) is 11.8 Å². The summed E-state index contributed by atoms with van der Waals surface area (Å²) in [5.41, 5.74) is 7.89. The van der Waals surface area contributed by atoms with Gasteiger partial charge in [0.2, 0.25) is 0 Å². The summed E-state index contributed by atoms with van der Waals surface area (Å²) in [7, 11) is 0. The van der Waals surface area contributed by atoms with Crippen molar-refractivity contribution in [3.63, 3.8) is 0 Å². The molecule has 0 aliphatic carbocycles. The molecule has 0 unspecified atom stereocenters. The van der Waals surface area contributed by atoms with Crippen LogP contribution in [0.5, 0.6) is 11.5 Å². The van der Waals surface area contributed by atoms with Gasteiger partial charge in [-0.25, -0.2) is 0 Å². The van der Waals surface area contributed by atoms with Crippen LogP contribution in [0.2, 0.25) is 0 Å². The van der Waals surface area contributed by atoms with Crippen molar-refractivity contribution in [1.82, 2.24) is 10.9 Å². The zero-order valence-corrected chi connectivity index (χ0v) is 22.3. The maximum atomic E-state index is 12.1. The summed E-state index contributed by atoms with van der Waals surface area (Å²) in [6, 6.07) is 21.3. The number of hydrogen-bond acceptors (Lipinski definition) is 4. The van der Waals surface area contributed by atoms with Gasteiger partial charge in [-0.05, 0) is 78.2 Å². The molecule has 0 heterocycles. The zero-order chi connectivity index (χ0) is 24.7. The molecule has 0 aromatic heterocycles. The van der Waals surface area contributed by atoms with E-state index in [1.807, 2.05) is 60.7 Å². The third kappa shape index (κ3) is 7.33. The van der Waals surface area contributed by atoms with Crippen LogP contribution in [0.25, 0.3) is 11.1 Å². The molecule has 2 amide bonds.